The van der Waals surface area contributed by atoms with Gasteiger partial charge < -0.3 is 5.32 Å². The normalized spacial score (nSPS) is 27.3. The maximum absolute atomic E-state index is 4.19. The average Bonchev–Trinajstić information content (AvgIpc) is 2.21. The van der Waals surface area contributed by atoms with Gasteiger partial charge >= 0.3 is 0 Å². The van der Waals surface area contributed by atoms with E-state index in [4.69, 9.17) is 0 Å². The van der Waals surface area contributed by atoms with Crippen molar-refractivity contribution in [1.29, 1.82) is 0 Å². The molecule has 1 aliphatic rings. The highest BCUT2D eigenvalue weighted by Crippen LogP contribution is 2.22. The van der Waals surface area contributed by atoms with E-state index in [1.54, 1.807) is 0 Å². The van der Waals surface area contributed by atoms with Crippen LogP contribution in [0.25, 0.3) is 0 Å². The highest BCUT2D eigenvalue weighted by molar-refractivity contribution is 5.02. The Morgan fingerprint density at radius 1 is 1.31 bits per heavy atom. The van der Waals surface area contributed by atoms with Crippen molar-refractivity contribution in [3.05, 3.63) is 12.2 Å². The quantitative estimate of drug-likeness (QED) is 0.722. The minimum Gasteiger partial charge on any atom is -0.311 e. The third-order valence-electron chi connectivity index (χ3n) is 3.54. The Bertz CT molecular complexity index is 213. The van der Waals surface area contributed by atoms with Crippen LogP contribution < -0.4 is 5.32 Å². The van der Waals surface area contributed by atoms with Gasteiger partial charge in [0.2, 0.25) is 0 Å². The van der Waals surface area contributed by atoms with Crippen molar-refractivity contribution in [2.75, 3.05) is 13.1 Å². The number of nitrogens with zero attached hydrogens (tertiary/aromatic N) is 1. The molecule has 1 saturated heterocycles. The molecule has 0 saturated carbocycles. The zero-order chi connectivity index (χ0) is 12.1. The van der Waals surface area contributed by atoms with Gasteiger partial charge in [-0.05, 0) is 32.3 Å². The molecular formula is C14H28N2. The average molecular weight is 224 g/mol. The summed E-state index contributed by atoms with van der Waals surface area (Å²) >= 11 is 0. The van der Waals surface area contributed by atoms with Gasteiger partial charge in [0.05, 0.1) is 0 Å². The van der Waals surface area contributed by atoms with Gasteiger partial charge in [-0.15, -0.1) is 0 Å². The van der Waals surface area contributed by atoms with Crippen LogP contribution in [0.1, 0.15) is 47.0 Å². The Balaban J connectivity index is 2.36. The predicted octanol–water partition coefficient (Wildman–Crippen LogP) is 2.80. The Labute approximate surface area is 101 Å². The summed E-state index contributed by atoms with van der Waals surface area (Å²) in [5, 5.41) is 3.44. The van der Waals surface area contributed by atoms with Gasteiger partial charge in [0, 0.05) is 31.2 Å². The first-order valence-electron chi connectivity index (χ1n) is 6.66. The molecule has 16 heavy (non-hydrogen) atoms. The fraction of sp³-hybridized carbons (Fsp3) is 0.857. The number of hydrogen-bond donors (Lipinski definition) is 1. The second-order valence-electron chi connectivity index (χ2n) is 5.59. The minimum atomic E-state index is 0.549. The minimum absolute atomic E-state index is 0.549. The van der Waals surface area contributed by atoms with Crippen molar-refractivity contribution >= 4 is 0 Å². The van der Waals surface area contributed by atoms with E-state index in [2.05, 4.69) is 44.5 Å². The van der Waals surface area contributed by atoms with Gasteiger partial charge in [0.1, 0.15) is 0 Å². The molecule has 2 atom stereocenters. The smallest absolute Gasteiger partial charge is 0.0208 e. The molecule has 94 valence electrons. The Kier molecular flexibility index (Phi) is 5.50. The van der Waals surface area contributed by atoms with Crippen LogP contribution in [0.4, 0.5) is 0 Å². The lowest BCUT2D eigenvalue weighted by Crippen LogP contribution is -2.45. The SMILES string of the molecule is C=C(CNC(C)C)CN1[C@H](C)CCC[C@@H]1C. The van der Waals surface area contributed by atoms with Crippen molar-refractivity contribution in [2.45, 2.75) is 65.1 Å². The largest absolute Gasteiger partial charge is 0.311 e. The molecule has 0 spiro atoms. The van der Waals surface area contributed by atoms with E-state index >= 15 is 0 Å². The fourth-order valence-corrected chi connectivity index (χ4v) is 2.45. The summed E-state index contributed by atoms with van der Waals surface area (Å²) in [6.45, 7) is 15.2. The van der Waals surface area contributed by atoms with Crippen molar-refractivity contribution in [2.24, 2.45) is 0 Å². The molecule has 0 aromatic heterocycles. The summed E-state index contributed by atoms with van der Waals surface area (Å²) in [6, 6.07) is 1.99. The highest BCUT2D eigenvalue weighted by Gasteiger charge is 2.24. The molecule has 0 aliphatic carbocycles. The van der Waals surface area contributed by atoms with E-state index in [9.17, 15) is 0 Å². The first-order valence-corrected chi connectivity index (χ1v) is 6.66. The number of likely N-dealkylation sites (tertiary alicyclic amines) is 1. The summed E-state index contributed by atoms with van der Waals surface area (Å²) < 4.78 is 0. The van der Waals surface area contributed by atoms with Crippen molar-refractivity contribution < 1.29 is 0 Å². The predicted molar refractivity (Wildman–Crippen MR) is 71.8 cm³/mol. The maximum Gasteiger partial charge on any atom is 0.0208 e. The fourth-order valence-electron chi connectivity index (χ4n) is 2.45. The molecule has 2 heteroatoms. The molecule has 0 aromatic rings. The second kappa shape index (κ2) is 6.41. The van der Waals surface area contributed by atoms with Gasteiger partial charge in [-0.2, -0.15) is 0 Å². The lowest BCUT2D eigenvalue weighted by Gasteiger charge is -2.39. The number of rotatable bonds is 5. The Morgan fingerprint density at radius 3 is 2.38 bits per heavy atom. The van der Waals surface area contributed by atoms with Crippen molar-refractivity contribution in [1.82, 2.24) is 10.2 Å². The Morgan fingerprint density at radius 2 is 1.88 bits per heavy atom. The molecule has 0 unspecified atom stereocenters. The van der Waals surface area contributed by atoms with E-state index < -0.39 is 0 Å². The molecule has 2 nitrogen and oxygen atoms in total. The summed E-state index contributed by atoms with van der Waals surface area (Å²) in [5.41, 5.74) is 1.31. The summed E-state index contributed by atoms with van der Waals surface area (Å²) in [7, 11) is 0. The van der Waals surface area contributed by atoms with Crippen LogP contribution >= 0.6 is 0 Å². The van der Waals surface area contributed by atoms with Crippen LogP contribution in [0.3, 0.4) is 0 Å². The van der Waals surface area contributed by atoms with Crippen molar-refractivity contribution in [3.63, 3.8) is 0 Å². The monoisotopic (exact) mass is 224 g/mol. The van der Waals surface area contributed by atoms with Crippen LogP contribution in [0, 0.1) is 0 Å². The molecule has 1 aliphatic heterocycles. The number of piperidine rings is 1. The topological polar surface area (TPSA) is 15.3 Å². The zero-order valence-electron chi connectivity index (χ0n) is 11.4. The lowest BCUT2D eigenvalue weighted by atomic mass is 9.97. The van der Waals surface area contributed by atoms with Crippen LogP contribution in [0.2, 0.25) is 0 Å². The molecule has 1 fully saturated rings. The van der Waals surface area contributed by atoms with E-state index in [1.807, 2.05) is 0 Å². The van der Waals surface area contributed by atoms with Gasteiger partial charge in [-0.1, -0.05) is 26.8 Å². The van der Waals surface area contributed by atoms with E-state index in [-0.39, 0.29) is 0 Å². The molecular weight excluding hydrogens is 196 g/mol. The summed E-state index contributed by atoms with van der Waals surface area (Å²) in [6.07, 6.45) is 4.07. The standard InChI is InChI=1S/C14H28N2/c1-11(2)15-9-12(3)10-16-13(4)7-6-8-14(16)5/h11,13-15H,3,6-10H2,1-2,4-5H3/t13-,14+. The molecule has 0 aromatic carbocycles. The molecule has 0 amide bonds. The third-order valence-corrected chi connectivity index (χ3v) is 3.54. The molecule has 0 radical (unpaired) electrons. The van der Waals surface area contributed by atoms with Crippen molar-refractivity contribution in [3.8, 4) is 0 Å². The summed E-state index contributed by atoms with van der Waals surface area (Å²) in [4.78, 5) is 2.60. The third kappa shape index (κ3) is 4.26. The van der Waals surface area contributed by atoms with Crippen LogP contribution in [0.5, 0.6) is 0 Å². The lowest BCUT2D eigenvalue weighted by molar-refractivity contribution is 0.115. The second-order valence-corrected chi connectivity index (χ2v) is 5.59. The molecule has 1 rings (SSSR count). The van der Waals surface area contributed by atoms with Gasteiger partial charge in [-0.25, -0.2) is 0 Å². The van der Waals surface area contributed by atoms with Crippen LogP contribution in [-0.2, 0) is 0 Å². The highest BCUT2D eigenvalue weighted by atomic mass is 15.2. The number of nitrogens with one attached hydrogen (secondary N) is 1. The van der Waals surface area contributed by atoms with E-state index in [1.165, 1.54) is 24.8 Å². The van der Waals surface area contributed by atoms with E-state index in [0.717, 1.165) is 25.2 Å². The van der Waals surface area contributed by atoms with Gasteiger partial charge in [0.15, 0.2) is 0 Å². The van der Waals surface area contributed by atoms with E-state index in [0.29, 0.717) is 6.04 Å². The van der Waals surface area contributed by atoms with Crippen LogP contribution in [0.15, 0.2) is 12.2 Å². The first kappa shape index (κ1) is 13.7. The van der Waals surface area contributed by atoms with Gasteiger partial charge in [0.25, 0.3) is 0 Å². The molecule has 1 N–H and O–H groups in total. The Hall–Kier alpha value is -0.340. The van der Waals surface area contributed by atoms with Crippen LogP contribution in [-0.4, -0.2) is 36.1 Å². The summed E-state index contributed by atoms with van der Waals surface area (Å²) in [5.74, 6) is 0. The zero-order valence-corrected chi connectivity index (χ0v) is 11.4. The maximum atomic E-state index is 4.19. The molecule has 0 bridgehead atoms. The number of hydrogen-bond acceptors (Lipinski definition) is 2. The first-order chi connectivity index (χ1) is 7.50. The molecule has 1 heterocycles. The van der Waals surface area contributed by atoms with Gasteiger partial charge in [-0.3, -0.25) is 4.90 Å².